The predicted molar refractivity (Wildman–Crippen MR) is 263 cm³/mol. The van der Waals surface area contributed by atoms with E-state index in [0.29, 0.717) is 0 Å². The van der Waals surface area contributed by atoms with Crippen molar-refractivity contribution in [3.8, 4) is 55.6 Å². The molecule has 0 spiro atoms. The van der Waals surface area contributed by atoms with Crippen molar-refractivity contribution in [1.82, 2.24) is 0 Å². The van der Waals surface area contributed by atoms with E-state index in [9.17, 15) is 0 Å². The fraction of sp³-hybridized carbons (Fsp3) is 0. The summed E-state index contributed by atoms with van der Waals surface area (Å²) in [6.07, 6.45) is 0. The van der Waals surface area contributed by atoms with Gasteiger partial charge in [-0.2, -0.15) is 0 Å². The van der Waals surface area contributed by atoms with Gasteiger partial charge in [0.1, 0.15) is 16.7 Å². The van der Waals surface area contributed by atoms with Crippen LogP contribution in [-0.2, 0) is 0 Å². The molecular weight excluding hydrogens is 767 g/mol. The summed E-state index contributed by atoms with van der Waals surface area (Å²) in [7, 11) is 0. The van der Waals surface area contributed by atoms with E-state index in [0.717, 1.165) is 105 Å². The van der Waals surface area contributed by atoms with Gasteiger partial charge in [0.25, 0.3) is 0 Å². The lowest BCUT2D eigenvalue weighted by Crippen LogP contribution is -2.11. The van der Waals surface area contributed by atoms with Gasteiger partial charge in [-0.25, -0.2) is 0 Å². The Kier molecular flexibility index (Phi) is 8.83. The Labute approximate surface area is 365 Å². The molecule has 10 aromatic carbocycles. The minimum atomic E-state index is 0.815. The zero-order valence-electron chi connectivity index (χ0n) is 34.3. The largest absolute Gasteiger partial charge is 0.455 e. The predicted octanol–water partition coefficient (Wildman–Crippen LogP) is 17.3. The summed E-state index contributed by atoms with van der Waals surface area (Å²) in [6.45, 7) is 0. The number of benzene rings is 10. The Balaban J connectivity index is 1.10. The van der Waals surface area contributed by atoms with E-state index < -0.39 is 0 Å². The van der Waals surface area contributed by atoms with Crippen molar-refractivity contribution < 1.29 is 8.83 Å². The summed E-state index contributed by atoms with van der Waals surface area (Å²) in [5.41, 5.74) is 17.5. The van der Waals surface area contributed by atoms with Crippen molar-refractivity contribution in [3.63, 3.8) is 0 Å². The third-order valence-corrected chi connectivity index (χ3v) is 12.3. The molecule has 0 N–H and O–H groups in total. The Morgan fingerprint density at radius 2 is 0.730 bits per heavy atom. The van der Waals surface area contributed by atoms with Crippen LogP contribution in [0.15, 0.2) is 245 Å². The molecule has 3 nitrogen and oxygen atoms in total. The highest BCUT2D eigenvalue weighted by atomic mass is 16.3. The molecule has 3 heteroatoms. The first-order chi connectivity index (χ1) is 31.2. The van der Waals surface area contributed by atoms with Crippen LogP contribution >= 0.6 is 0 Å². The van der Waals surface area contributed by atoms with Crippen molar-refractivity contribution in [1.29, 1.82) is 0 Å². The van der Waals surface area contributed by atoms with E-state index in [-0.39, 0.29) is 0 Å². The molecule has 0 atom stereocenters. The fourth-order valence-corrected chi connectivity index (χ4v) is 9.19. The molecular formula is C60H39NO2. The maximum atomic E-state index is 7.04. The molecule has 0 bridgehead atoms. The van der Waals surface area contributed by atoms with E-state index in [1.165, 1.54) is 11.1 Å². The van der Waals surface area contributed by atoms with Crippen molar-refractivity contribution in [2.45, 2.75) is 0 Å². The molecule has 0 saturated heterocycles. The third-order valence-electron chi connectivity index (χ3n) is 12.3. The summed E-state index contributed by atoms with van der Waals surface area (Å²) < 4.78 is 14.1. The van der Waals surface area contributed by atoms with E-state index in [1.807, 2.05) is 6.07 Å². The Morgan fingerprint density at radius 1 is 0.270 bits per heavy atom. The lowest BCUT2D eigenvalue weighted by molar-refractivity contribution is 0.668. The lowest BCUT2D eigenvalue weighted by Gasteiger charge is -2.27. The fourth-order valence-electron chi connectivity index (χ4n) is 9.19. The van der Waals surface area contributed by atoms with Crippen LogP contribution in [0.3, 0.4) is 0 Å². The monoisotopic (exact) mass is 805 g/mol. The van der Waals surface area contributed by atoms with Crippen LogP contribution in [0.4, 0.5) is 17.1 Å². The average Bonchev–Trinajstić information content (AvgIpc) is 3.94. The molecule has 0 radical (unpaired) electrons. The lowest BCUT2D eigenvalue weighted by atomic mass is 9.98. The van der Waals surface area contributed by atoms with Crippen molar-refractivity contribution in [2.24, 2.45) is 0 Å². The SMILES string of the molecule is c1ccc(-c2ccc(-c3cccc(N(c4cccc5c4oc4cc(-c6ccccc6)ccc45)c4ccc(-c5ccccc5)c5oc6cc(-c7ccccc7)ccc6c45)c3)cc2)cc1. The molecule has 0 unspecified atom stereocenters. The molecule has 0 aliphatic heterocycles. The number of nitrogens with zero attached hydrogens (tertiary/aromatic N) is 1. The highest BCUT2D eigenvalue weighted by molar-refractivity contribution is 6.19. The number of hydrogen-bond donors (Lipinski definition) is 0. The Hall–Kier alpha value is -8.40. The summed E-state index contributed by atoms with van der Waals surface area (Å²) in [5.74, 6) is 0. The van der Waals surface area contributed by atoms with Gasteiger partial charge in [0.05, 0.1) is 16.8 Å². The molecule has 0 fully saturated rings. The minimum absolute atomic E-state index is 0.815. The Morgan fingerprint density at radius 3 is 1.37 bits per heavy atom. The standard InChI is InChI=1S/C60H39NO2/c1-5-15-40(16-6-1)43-27-29-44(30-28-43)46-23-13-24-49(37-46)61(55-26-14-25-52-51-33-31-47(38-56(51)62-59(52)55)41-17-7-2-8-18-41)54-36-35-50(45-21-11-4-12-22-45)60-58(54)53-34-32-48(39-57(53)63-60)42-19-9-3-10-20-42/h1-39H. The maximum Gasteiger partial charge on any atom is 0.159 e. The van der Waals surface area contributed by atoms with Gasteiger partial charge in [0.15, 0.2) is 5.58 Å². The molecule has 0 saturated carbocycles. The van der Waals surface area contributed by atoms with Crippen molar-refractivity contribution in [2.75, 3.05) is 4.90 Å². The smallest absolute Gasteiger partial charge is 0.159 e. The molecule has 296 valence electrons. The quantitative estimate of drug-likeness (QED) is 0.153. The van der Waals surface area contributed by atoms with Crippen LogP contribution in [0.2, 0.25) is 0 Å². The first-order valence-corrected chi connectivity index (χ1v) is 21.4. The summed E-state index contributed by atoms with van der Waals surface area (Å²) >= 11 is 0. The number of anilines is 3. The molecule has 0 amide bonds. The normalized spacial score (nSPS) is 11.5. The van der Waals surface area contributed by atoms with Crippen LogP contribution < -0.4 is 4.90 Å². The second-order valence-electron chi connectivity index (χ2n) is 16.0. The van der Waals surface area contributed by atoms with Gasteiger partial charge in [-0.1, -0.05) is 182 Å². The molecule has 0 aliphatic rings. The number of rotatable bonds is 8. The molecule has 2 heterocycles. The Bertz CT molecular complexity index is 3590. The van der Waals surface area contributed by atoms with E-state index in [2.05, 4.69) is 235 Å². The van der Waals surface area contributed by atoms with Crippen LogP contribution in [-0.4, -0.2) is 0 Å². The van der Waals surface area contributed by atoms with Crippen molar-refractivity contribution in [3.05, 3.63) is 237 Å². The second kappa shape index (κ2) is 15.3. The zero-order valence-corrected chi connectivity index (χ0v) is 34.3. The molecule has 0 aliphatic carbocycles. The van der Waals surface area contributed by atoms with Gasteiger partial charge in [-0.15, -0.1) is 0 Å². The van der Waals surface area contributed by atoms with Crippen molar-refractivity contribution >= 4 is 60.9 Å². The van der Waals surface area contributed by atoms with E-state index >= 15 is 0 Å². The van der Waals surface area contributed by atoms with Crippen LogP contribution in [0, 0.1) is 0 Å². The number of para-hydroxylation sites is 1. The van der Waals surface area contributed by atoms with Crippen LogP contribution in [0.25, 0.3) is 99.5 Å². The van der Waals surface area contributed by atoms with Gasteiger partial charge in [0, 0.05) is 27.4 Å². The highest BCUT2D eigenvalue weighted by Gasteiger charge is 2.25. The number of furan rings is 2. The van der Waals surface area contributed by atoms with Gasteiger partial charge >= 0.3 is 0 Å². The first-order valence-electron chi connectivity index (χ1n) is 21.4. The summed E-state index contributed by atoms with van der Waals surface area (Å²) in [5, 5.41) is 4.20. The second-order valence-corrected chi connectivity index (χ2v) is 16.0. The first kappa shape index (κ1) is 36.5. The molecule has 2 aromatic heterocycles. The average molecular weight is 806 g/mol. The van der Waals surface area contributed by atoms with Crippen LogP contribution in [0.5, 0.6) is 0 Å². The highest BCUT2D eigenvalue weighted by Crippen LogP contribution is 2.49. The van der Waals surface area contributed by atoms with Crippen LogP contribution in [0.1, 0.15) is 0 Å². The number of fused-ring (bicyclic) bond motifs is 6. The third kappa shape index (κ3) is 6.46. The topological polar surface area (TPSA) is 29.5 Å². The maximum absolute atomic E-state index is 7.04. The van der Waals surface area contributed by atoms with Gasteiger partial charge in [-0.3, -0.25) is 0 Å². The molecule has 63 heavy (non-hydrogen) atoms. The minimum Gasteiger partial charge on any atom is -0.455 e. The molecule has 12 rings (SSSR count). The summed E-state index contributed by atoms with van der Waals surface area (Å²) in [6, 6.07) is 83.8. The van der Waals surface area contributed by atoms with Gasteiger partial charge < -0.3 is 13.7 Å². The zero-order chi connectivity index (χ0) is 41.7. The van der Waals surface area contributed by atoms with E-state index in [1.54, 1.807) is 0 Å². The van der Waals surface area contributed by atoms with Gasteiger partial charge in [-0.05, 0) is 105 Å². The molecule has 12 aromatic rings. The summed E-state index contributed by atoms with van der Waals surface area (Å²) in [4.78, 5) is 2.36. The van der Waals surface area contributed by atoms with Gasteiger partial charge in [0.2, 0.25) is 0 Å². The number of hydrogen-bond acceptors (Lipinski definition) is 3. The van der Waals surface area contributed by atoms with E-state index in [4.69, 9.17) is 8.83 Å².